The van der Waals surface area contributed by atoms with Gasteiger partial charge in [0, 0.05) is 11.5 Å². The molecule has 6 heteroatoms. The summed E-state index contributed by atoms with van der Waals surface area (Å²) in [5.41, 5.74) is 3.38. The lowest BCUT2D eigenvalue weighted by Gasteiger charge is -2.25. The third-order valence-corrected chi connectivity index (χ3v) is 5.34. The van der Waals surface area contributed by atoms with E-state index in [0.29, 0.717) is 5.56 Å². The first-order chi connectivity index (χ1) is 12.9. The zero-order chi connectivity index (χ0) is 19.6. The van der Waals surface area contributed by atoms with Gasteiger partial charge < -0.3 is 9.64 Å². The Bertz CT molecular complexity index is 933. The molecule has 0 aliphatic heterocycles. The van der Waals surface area contributed by atoms with Crippen LogP contribution in [0.2, 0.25) is 0 Å². The number of nitrogens with zero attached hydrogens (tertiary/aromatic N) is 3. The minimum atomic E-state index is -0.0705. The molecule has 0 fully saturated rings. The van der Waals surface area contributed by atoms with Gasteiger partial charge >= 0.3 is 0 Å². The van der Waals surface area contributed by atoms with Gasteiger partial charge in [-0.15, -0.1) is 0 Å². The maximum Gasteiger partial charge on any atom is 0.257 e. The third kappa shape index (κ3) is 3.90. The lowest BCUT2D eigenvalue weighted by Crippen LogP contribution is -2.30. The average Bonchev–Trinajstić information content (AvgIpc) is 3.08. The van der Waals surface area contributed by atoms with E-state index in [1.54, 1.807) is 22.9 Å². The largest absolute Gasteiger partial charge is 0.497 e. The Labute approximate surface area is 167 Å². The van der Waals surface area contributed by atoms with E-state index in [2.05, 4.69) is 21.0 Å². The molecular formula is C21H22BrN3O2. The van der Waals surface area contributed by atoms with Crippen LogP contribution in [-0.4, -0.2) is 34.7 Å². The van der Waals surface area contributed by atoms with Gasteiger partial charge in [-0.3, -0.25) is 4.79 Å². The number of amides is 1. The van der Waals surface area contributed by atoms with E-state index in [1.165, 1.54) is 0 Å². The van der Waals surface area contributed by atoms with Gasteiger partial charge in [0.1, 0.15) is 5.75 Å². The van der Waals surface area contributed by atoms with Crippen LogP contribution in [0, 0.1) is 6.92 Å². The molecule has 1 aromatic heterocycles. The predicted octanol–water partition coefficient (Wildman–Crippen LogP) is 4.79. The SMILES string of the molecule is COc1ccc([C@@H](C)N(C)C(=O)c2cnn(-c3ccc(Br)cc3)c2C)cc1. The van der Waals surface area contributed by atoms with E-state index in [0.717, 1.165) is 27.2 Å². The van der Waals surface area contributed by atoms with Crippen LogP contribution in [0.4, 0.5) is 0 Å². The first-order valence-electron chi connectivity index (χ1n) is 8.64. The van der Waals surface area contributed by atoms with Gasteiger partial charge in [0.25, 0.3) is 5.91 Å². The van der Waals surface area contributed by atoms with Crippen molar-refractivity contribution in [3.05, 3.63) is 76.0 Å². The molecule has 0 saturated carbocycles. The molecule has 1 atom stereocenters. The second kappa shape index (κ2) is 7.96. The topological polar surface area (TPSA) is 47.4 Å². The van der Waals surface area contributed by atoms with Gasteiger partial charge in [0.15, 0.2) is 0 Å². The summed E-state index contributed by atoms with van der Waals surface area (Å²) < 4.78 is 7.98. The van der Waals surface area contributed by atoms with Gasteiger partial charge in [0.2, 0.25) is 0 Å². The van der Waals surface area contributed by atoms with E-state index >= 15 is 0 Å². The van der Waals surface area contributed by atoms with Crippen LogP contribution in [0.5, 0.6) is 5.75 Å². The van der Waals surface area contributed by atoms with E-state index in [9.17, 15) is 4.79 Å². The summed E-state index contributed by atoms with van der Waals surface area (Å²) in [6.45, 7) is 3.92. The minimum absolute atomic E-state index is 0.0563. The maximum atomic E-state index is 13.0. The van der Waals surface area contributed by atoms with Crippen molar-refractivity contribution < 1.29 is 9.53 Å². The number of carbonyl (C=O) groups is 1. The molecule has 0 aliphatic carbocycles. The molecule has 1 amide bonds. The van der Waals surface area contributed by atoms with Crippen LogP contribution in [0.1, 0.15) is 34.6 Å². The van der Waals surface area contributed by atoms with Crippen molar-refractivity contribution in [3.8, 4) is 11.4 Å². The van der Waals surface area contributed by atoms with Crippen LogP contribution in [-0.2, 0) is 0 Å². The van der Waals surface area contributed by atoms with Gasteiger partial charge in [-0.05, 0) is 55.8 Å². The average molecular weight is 428 g/mol. The molecule has 1 heterocycles. The lowest BCUT2D eigenvalue weighted by molar-refractivity contribution is 0.0742. The summed E-state index contributed by atoms with van der Waals surface area (Å²) in [6, 6.07) is 15.5. The second-order valence-corrected chi connectivity index (χ2v) is 7.31. The van der Waals surface area contributed by atoms with Crippen molar-refractivity contribution in [2.24, 2.45) is 0 Å². The predicted molar refractivity (Wildman–Crippen MR) is 110 cm³/mol. The lowest BCUT2D eigenvalue weighted by atomic mass is 10.1. The Kier molecular flexibility index (Phi) is 5.65. The first-order valence-corrected chi connectivity index (χ1v) is 9.43. The highest BCUT2D eigenvalue weighted by atomic mass is 79.9. The van der Waals surface area contributed by atoms with Crippen molar-refractivity contribution in [1.82, 2.24) is 14.7 Å². The molecule has 0 radical (unpaired) electrons. The molecule has 140 valence electrons. The maximum absolute atomic E-state index is 13.0. The normalized spacial score (nSPS) is 11.9. The summed E-state index contributed by atoms with van der Waals surface area (Å²) in [5, 5.41) is 4.41. The Balaban J connectivity index is 1.83. The fourth-order valence-corrected chi connectivity index (χ4v) is 3.20. The van der Waals surface area contributed by atoms with Crippen molar-refractivity contribution in [3.63, 3.8) is 0 Å². The fourth-order valence-electron chi connectivity index (χ4n) is 2.93. The van der Waals surface area contributed by atoms with Crippen molar-refractivity contribution in [2.75, 3.05) is 14.2 Å². The molecular weight excluding hydrogens is 406 g/mol. The summed E-state index contributed by atoms with van der Waals surface area (Å²) in [5.74, 6) is 0.741. The number of rotatable bonds is 5. The summed E-state index contributed by atoms with van der Waals surface area (Å²) in [4.78, 5) is 14.8. The fraction of sp³-hybridized carbons (Fsp3) is 0.238. The van der Waals surface area contributed by atoms with Crippen LogP contribution in [0.25, 0.3) is 5.69 Å². The Morgan fingerprint density at radius 1 is 1.15 bits per heavy atom. The molecule has 0 spiro atoms. The standard InChI is InChI=1S/C21H22BrN3O2/c1-14(16-5-11-19(27-4)12-6-16)24(3)21(26)20-13-23-25(15(20)2)18-9-7-17(22)8-10-18/h5-14H,1-4H3/t14-/m1/s1. The van der Waals surface area contributed by atoms with E-state index in [-0.39, 0.29) is 11.9 Å². The second-order valence-electron chi connectivity index (χ2n) is 6.40. The number of methoxy groups -OCH3 is 1. The van der Waals surface area contributed by atoms with Crippen molar-refractivity contribution in [2.45, 2.75) is 19.9 Å². The van der Waals surface area contributed by atoms with Crippen LogP contribution < -0.4 is 4.74 Å². The highest BCUT2D eigenvalue weighted by Crippen LogP contribution is 2.24. The number of aromatic nitrogens is 2. The Morgan fingerprint density at radius 2 is 1.78 bits per heavy atom. The van der Waals surface area contributed by atoms with Crippen molar-refractivity contribution in [1.29, 1.82) is 0 Å². The number of hydrogen-bond donors (Lipinski definition) is 0. The molecule has 27 heavy (non-hydrogen) atoms. The smallest absolute Gasteiger partial charge is 0.257 e. The quantitative estimate of drug-likeness (QED) is 0.588. The van der Waals surface area contributed by atoms with Gasteiger partial charge in [-0.25, -0.2) is 4.68 Å². The summed E-state index contributed by atoms with van der Waals surface area (Å²) in [7, 11) is 3.45. The Hall–Kier alpha value is -2.60. The molecule has 5 nitrogen and oxygen atoms in total. The van der Waals surface area contributed by atoms with Gasteiger partial charge in [-0.2, -0.15) is 5.10 Å². The van der Waals surface area contributed by atoms with Gasteiger partial charge in [-0.1, -0.05) is 28.1 Å². The zero-order valence-corrected chi connectivity index (χ0v) is 17.4. The molecule has 0 N–H and O–H groups in total. The number of ether oxygens (including phenoxy) is 1. The van der Waals surface area contributed by atoms with Crippen molar-refractivity contribution >= 4 is 21.8 Å². The number of hydrogen-bond acceptors (Lipinski definition) is 3. The molecule has 0 unspecified atom stereocenters. The molecule has 2 aromatic carbocycles. The summed E-state index contributed by atoms with van der Waals surface area (Å²) >= 11 is 3.43. The van der Waals surface area contributed by atoms with Gasteiger partial charge in [0.05, 0.1) is 36.3 Å². The molecule has 3 rings (SSSR count). The highest BCUT2D eigenvalue weighted by molar-refractivity contribution is 9.10. The minimum Gasteiger partial charge on any atom is -0.497 e. The number of halogens is 1. The van der Waals surface area contributed by atoms with Crippen LogP contribution >= 0.6 is 15.9 Å². The molecule has 0 bridgehead atoms. The number of benzene rings is 2. The van der Waals surface area contributed by atoms with Crippen LogP contribution in [0.15, 0.2) is 59.2 Å². The molecule has 3 aromatic rings. The third-order valence-electron chi connectivity index (χ3n) is 4.81. The summed E-state index contributed by atoms with van der Waals surface area (Å²) in [6.07, 6.45) is 1.64. The molecule has 0 aliphatic rings. The van der Waals surface area contributed by atoms with E-state index < -0.39 is 0 Å². The highest BCUT2D eigenvalue weighted by Gasteiger charge is 2.23. The Morgan fingerprint density at radius 3 is 2.37 bits per heavy atom. The van der Waals surface area contributed by atoms with E-state index in [4.69, 9.17) is 4.74 Å². The number of carbonyl (C=O) groups excluding carboxylic acids is 1. The first kappa shape index (κ1) is 19.2. The van der Waals surface area contributed by atoms with E-state index in [1.807, 2.05) is 69.4 Å². The molecule has 0 saturated heterocycles. The monoisotopic (exact) mass is 427 g/mol. The van der Waals surface area contributed by atoms with Crippen LogP contribution in [0.3, 0.4) is 0 Å². The zero-order valence-electron chi connectivity index (χ0n) is 15.8.